The zero-order valence-electron chi connectivity index (χ0n) is 12.7. The lowest BCUT2D eigenvalue weighted by Crippen LogP contribution is -2.38. The second kappa shape index (κ2) is 6.67. The lowest BCUT2D eigenvalue weighted by Gasteiger charge is -2.26. The minimum atomic E-state index is -0.625. The van der Waals surface area contributed by atoms with Crippen LogP contribution in [-0.2, 0) is 9.53 Å². The molecule has 1 atom stereocenters. The molecule has 6 heteroatoms. The van der Waals surface area contributed by atoms with E-state index in [4.69, 9.17) is 5.73 Å². The van der Waals surface area contributed by atoms with Gasteiger partial charge in [-0.1, -0.05) is 20.8 Å². The van der Waals surface area contributed by atoms with Crippen molar-refractivity contribution in [2.45, 2.75) is 33.2 Å². The van der Waals surface area contributed by atoms with E-state index in [2.05, 4.69) is 10.1 Å². The van der Waals surface area contributed by atoms with Gasteiger partial charge in [0.1, 0.15) is 5.82 Å². The lowest BCUT2D eigenvalue weighted by atomic mass is 9.85. The molecule has 0 bridgehead atoms. The van der Waals surface area contributed by atoms with Crippen LogP contribution in [0, 0.1) is 11.2 Å². The third-order valence-corrected chi connectivity index (χ3v) is 3.18. The van der Waals surface area contributed by atoms with E-state index < -0.39 is 17.7 Å². The van der Waals surface area contributed by atoms with Gasteiger partial charge in [-0.15, -0.1) is 0 Å². The van der Waals surface area contributed by atoms with Gasteiger partial charge in [0.25, 0.3) is 0 Å². The minimum absolute atomic E-state index is 0.0609. The Labute approximate surface area is 123 Å². The van der Waals surface area contributed by atoms with Crippen LogP contribution in [-0.4, -0.2) is 25.0 Å². The summed E-state index contributed by atoms with van der Waals surface area (Å²) in [6.45, 7) is 5.76. The quantitative estimate of drug-likeness (QED) is 0.835. The zero-order valence-corrected chi connectivity index (χ0v) is 12.7. The summed E-state index contributed by atoms with van der Waals surface area (Å²) >= 11 is 0. The Hall–Kier alpha value is -1.95. The molecule has 1 aromatic carbocycles. The topological polar surface area (TPSA) is 81.4 Å². The normalized spacial score (nSPS) is 12.7. The van der Waals surface area contributed by atoms with Crippen molar-refractivity contribution >= 4 is 17.6 Å². The average molecular weight is 296 g/mol. The first-order valence-corrected chi connectivity index (χ1v) is 6.58. The summed E-state index contributed by atoms with van der Waals surface area (Å²) in [5, 5.41) is 2.43. The Balaban J connectivity index is 2.83. The highest BCUT2D eigenvalue weighted by atomic mass is 19.1. The third kappa shape index (κ3) is 4.82. The van der Waals surface area contributed by atoms with E-state index in [1.54, 1.807) is 0 Å². The third-order valence-electron chi connectivity index (χ3n) is 3.18. The number of esters is 1. The smallest absolute Gasteiger partial charge is 0.337 e. The molecule has 0 saturated heterocycles. The molecule has 0 aliphatic rings. The average Bonchev–Trinajstić information content (AvgIpc) is 2.39. The number of anilines is 1. The number of ether oxygens (including phenoxy) is 1. The molecule has 1 rings (SSSR count). The van der Waals surface area contributed by atoms with Gasteiger partial charge in [0, 0.05) is 12.5 Å². The zero-order chi connectivity index (χ0) is 16.2. The molecule has 21 heavy (non-hydrogen) atoms. The molecule has 3 N–H and O–H groups in total. The highest BCUT2D eigenvalue weighted by molar-refractivity contribution is 5.94. The Morgan fingerprint density at radius 2 is 2.00 bits per heavy atom. The second-order valence-electron chi connectivity index (χ2n) is 5.91. The molecular formula is C15H21FN2O3. The molecule has 0 aliphatic heterocycles. The van der Waals surface area contributed by atoms with Gasteiger partial charge in [-0.3, -0.25) is 4.79 Å². The van der Waals surface area contributed by atoms with E-state index in [9.17, 15) is 14.0 Å². The van der Waals surface area contributed by atoms with Crippen molar-refractivity contribution in [3.8, 4) is 0 Å². The number of hydrogen-bond donors (Lipinski definition) is 2. The molecular weight excluding hydrogens is 275 g/mol. The van der Waals surface area contributed by atoms with Crippen LogP contribution in [0.5, 0.6) is 0 Å². The molecule has 116 valence electrons. The number of nitrogens with two attached hydrogens (primary N) is 1. The fourth-order valence-corrected chi connectivity index (χ4v) is 1.57. The van der Waals surface area contributed by atoms with Gasteiger partial charge in [0.05, 0.1) is 18.4 Å². The van der Waals surface area contributed by atoms with Crippen molar-refractivity contribution < 1.29 is 18.7 Å². The van der Waals surface area contributed by atoms with Crippen molar-refractivity contribution in [1.82, 2.24) is 0 Å². The Morgan fingerprint density at radius 3 is 2.52 bits per heavy atom. The largest absolute Gasteiger partial charge is 0.465 e. The van der Waals surface area contributed by atoms with E-state index in [1.165, 1.54) is 19.2 Å². The van der Waals surface area contributed by atoms with Gasteiger partial charge in [-0.2, -0.15) is 0 Å². The fraction of sp³-hybridized carbons (Fsp3) is 0.467. The predicted molar refractivity (Wildman–Crippen MR) is 78.4 cm³/mol. The summed E-state index contributed by atoms with van der Waals surface area (Å²) in [5.74, 6) is -1.63. The second-order valence-corrected chi connectivity index (χ2v) is 5.91. The minimum Gasteiger partial charge on any atom is -0.465 e. The van der Waals surface area contributed by atoms with Gasteiger partial charge < -0.3 is 15.8 Å². The summed E-state index contributed by atoms with van der Waals surface area (Å²) < 4.78 is 18.2. The van der Waals surface area contributed by atoms with Gasteiger partial charge in [0.2, 0.25) is 5.91 Å². The van der Waals surface area contributed by atoms with E-state index in [-0.39, 0.29) is 29.1 Å². The summed E-state index contributed by atoms with van der Waals surface area (Å²) in [6, 6.07) is 3.27. The number of methoxy groups -OCH3 is 1. The summed E-state index contributed by atoms with van der Waals surface area (Å²) in [4.78, 5) is 23.3. The van der Waals surface area contributed by atoms with Crippen LogP contribution in [0.1, 0.15) is 37.6 Å². The van der Waals surface area contributed by atoms with Crippen molar-refractivity contribution in [2.24, 2.45) is 11.1 Å². The molecule has 0 saturated carbocycles. The highest BCUT2D eigenvalue weighted by Gasteiger charge is 2.23. The number of carbonyl (C=O) groups is 2. The molecule has 0 fully saturated rings. The van der Waals surface area contributed by atoms with Crippen molar-refractivity contribution in [3.63, 3.8) is 0 Å². The summed E-state index contributed by atoms with van der Waals surface area (Å²) in [7, 11) is 1.23. The monoisotopic (exact) mass is 296 g/mol. The Kier molecular flexibility index (Phi) is 5.43. The maximum Gasteiger partial charge on any atom is 0.337 e. The summed E-state index contributed by atoms with van der Waals surface area (Å²) in [5.41, 5.74) is 5.78. The van der Waals surface area contributed by atoms with Crippen LogP contribution in [0.2, 0.25) is 0 Å². The van der Waals surface area contributed by atoms with Crippen LogP contribution >= 0.6 is 0 Å². The van der Waals surface area contributed by atoms with E-state index in [0.717, 1.165) is 6.07 Å². The molecule has 1 amide bonds. The Morgan fingerprint density at radius 1 is 1.38 bits per heavy atom. The SMILES string of the molecule is COC(=O)c1ccc(F)c(NC(=O)CC(N)C(C)(C)C)c1. The van der Waals surface area contributed by atoms with Crippen LogP contribution in [0.25, 0.3) is 0 Å². The van der Waals surface area contributed by atoms with Crippen molar-refractivity contribution in [2.75, 3.05) is 12.4 Å². The molecule has 0 spiro atoms. The van der Waals surface area contributed by atoms with E-state index in [1.807, 2.05) is 20.8 Å². The number of halogens is 1. The van der Waals surface area contributed by atoms with Crippen LogP contribution in [0.3, 0.4) is 0 Å². The molecule has 0 heterocycles. The maximum absolute atomic E-state index is 13.7. The van der Waals surface area contributed by atoms with E-state index >= 15 is 0 Å². The van der Waals surface area contributed by atoms with Gasteiger partial charge in [0.15, 0.2) is 0 Å². The number of amides is 1. The maximum atomic E-state index is 13.7. The van der Waals surface area contributed by atoms with Gasteiger partial charge in [-0.25, -0.2) is 9.18 Å². The Bertz CT molecular complexity index is 538. The number of benzene rings is 1. The number of rotatable bonds is 4. The number of carbonyl (C=O) groups excluding carboxylic acids is 2. The van der Waals surface area contributed by atoms with Crippen LogP contribution in [0.15, 0.2) is 18.2 Å². The van der Waals surface area contributed by atoms with Crippen LogP contribution < -0.4 is 11.1 Å². The van der Waals surface area contributed by atoms with Crippen molar-refractivity contribution in [3.05, 3.63) is 29.6 Å². The predicted octanol–water partition coefficient (Wildman–Crippen LogP) is 2.31. The molecule has 1 unspecified atom stereocenters. The lowest BCUT2D eigenvalue weighted by molar-refractivity contribution is -0.117. The first-order valence-electron chi connectivity index (χ1n) is 6.58. The van der Waals surface area contributed by atoms with Gasteiger partial charge in [-0.05, 0) is 23.6 Å². The molecule has 1 aromatic rings. The van der Waals surface area contributed by atoms with Crippen molar-refractivity contribution in [1.29, 1.82) is 0 Å². The summed E-state index contributed by atoms with van der Waals surface area (Å²) in [6.07, 6.45) is 0.0609. The fourth-order valence-electron chi connectivity index (χ4n) is 1.57. The highest BCUT2D eigenvalue weighted by Crippen LogP contribution is 2.21. The molecule has 5 nitrogen and oxygen atoms in total. The molecule has 0 radical (unpaired) electrons. The van der Waals surface area contributed by atoms with Crippen LogP contribution in [0.4, 0.5) is 10.1 Å². The standard InChI is InChI=1S/C15H21FN2O3/c1-15(2,3)12(17)8-13(19)18-11-7-9(14(20)21-4)5-6-10(11)16/h5-7,12H,8,17H2,1-4H3,(H,18,19). The first-order chi connectivity index (χ1) is 9.65. The number of hydrogen-bond acceptors (Lipinski definition) is 4. The molecule has 0 aliphatic carbocycles. The number of nitrogens with one attached hydrogen (secondary N) is 1. The first kappa shape index (κ1) is 17.1. The van der Waals surface area contributed by atoms with Gasteiger partial charge >= 0.3 is 5.97 Å². The molecule has 0 aromatic heterocycles. The van der Waals surface area contributed by atoms with E-state index in [0.29, 0.717) is 0 Å².